The van der Waals surface area contributed by atoms with Crippen LogP contribution in [0.5, 0.6) is 0 Å². The quantitative estimate of drug-likeness (QED) is 0.751. The summed E-state index contributed by atoms with van der Waals surface area (Å²) in [6.45, 7) is -0.0595. The Bertz CT molecular complexity index is 924. The molecule has 0 spiro atoms. The zero-order chi connectivity index (χ0) is 18.5. The molecule has 3 rings (SSSR count). The minimum atomic E-state index is -0.290. The highest BCUT2D eigenvalue weighted by Gasteiger charge is 2.17. The number of anilines is 1. The predicted octanol–water partition coefficient (Wildman–Crippen LogP) is 3.24. The van der Waals surface area contributed by atoms with Gasteiger partial charge in [0.05, 0.1) is 24.0 Å². The van der Waals surface area contributed by atoms with Crippen LogP contribution in [-0.4, -0.2) is 40.1 Å². The van der Waals surface area contributed by atoms with Crippen LogP contribution in [0.3, 0.4) is 0 Å². The summed E-state index contributed by atoms with van der Waals surface area (Å²) in [6.07, 6.45) is 3.08. The van der Waals surface area contributed by atoms with Gasteiger partial charge in [-0.1, -0.05) is 35.9 Å². The second-order valence-electron chi connectivity index (χ2n) is 5.73. The Labute approximate surface area is 156 Å². The maximum atomic E-state index is 12.5. The lowest BCUT2D eigenvalue weighted by Crippen LogP contribution is -2.34. The van der Waals surface area contributed by atoms with Crippen LogP contribution in [-0.2, 0) is 4.79 Å². The van der Waals surface area contributed by atoms with E-state index in [0.29, 0.717) is 16.3 Å². The Kier molecular flexibility index (Phi) is 5.34. The summed E-state index contributed by atoms with van der Waals surface area (Å²) in [7, 11) is 1.57. The number of carbonyl (C=O) groups excluding carboxylic acids is 2. The fourth-order valence-corrected chi connectivity index (χ4v) is 2.61. The highest BCUT2D eigenvalue weighted by atomic mass is 35.5. The monoisotopic (exact) mass is 368 g/mol. The highest BCUT2D eigenvalue weighted by Crippen LogP contribution is 2.15. The van der Waals surface area contributed by atoms with Crippen LogP contribution in [0.4, 0.5) is 5.69 Å². The molecule has 2 aromatic carbocycles. The third-order valence-electron chi connectivity index (χ3n) is 3.69. The van der Waals surface area contributed by atoms with Crippen molar-refractivity contribution >= 4 is 29.1 Å². The molecule has 3 aromatic rings. The second kappa shape index (κ2) is 7.84. The first-order chi connectivity index (χ1) is 12.5. The molecule has 0 aliphatic carbocycles. The summed E-state index contributed by atoms with van der Waals surface area (Å²) >= 11 is 5.98. The third kappa shape index (κ3) is 4.29. The molecule has 1 aromatic heterocycles. The van der Waals surface area contributed by atoms with Gasteiger partial charge in [-0.2, -0.15) is 5.10 Å². The maximum Gasteiger partial charge on any atom is 0.257 e. The molecule has 6 nitrogen and oxygen atoms in total. The van der Waals surface area contributed by atoms with Crippen LogP contribution in [0.25, 0.3) is 5.69 Å². The standard InChI is InChI=1S/C19H17ClN4O2/c1-23(13-18(25)22-16-7-3-2-4-8-16)19(26)14-11-21-24(12-14)17-9-5-6-15(20)10-17/h2-12H,13H2,1H3,(H,22,25). The first-order valence-corrected chi connectivity index (χ1v) is 8.32. The largest absolute Gasteiger partial charge is 0.332 e. The molecule has 0 atom stereocenters. The fraction of sp³-hybridized carbons (Fsp3) is 0.105. The van der Waals surface area contributed by atoms with E-state index in [-0.39, 0.29) is 18.4 Å². The molecule has 132 valence electrons. The first kappa shape index (κ1) is 17.7. The van der Waals surface area contributed by atoms with Gasteiger partial charge in [0.2, 0.25) is 5.91 Å². The van der Waals surface area contributed by atoms with Crippen LogP contribution >= 0.6 is 11.6 Å². The molecule has 0 fully saturated rings. The number of nitrogens with zero attached hydrogens (tertiary/aromatic N) is 3. The van der Waals surface area contributed by atoms with Crippen LogP contribution in [0.15, 0.2) is 67.0 Å². The number of aromatic nitrogens is 2. The van der Waals surface area contributed by atoms with Crippen molar-refractivity contribution < 1.29 is 9.59 Å². The summed E-state index contributed by atoms with van der Waals surface area (Å²) in [6, 6.07) is 16.3. The summed E-state index contributed by atoms with van der Waals surface area (Å²) in [5, 5.41) is 7.52. The molecule has 0 aliphatic rings. The molecule has 2 amide bonds. The molecule has 0 unspecified atom stereocenters. The van der Waals surface area contributed by atoms with Gasteiger partial charge in [0.15, 0.2) is 0 Å². The van der Waals surface area contributed by atoms with Crippen molar-refractivity contribution in [3.05, 3.63) is 77.6 Å². The highest BCUT2D eigenvalue weighted by molar-refractivity contribution is 6.30. The lowest BCUT2D eigenvalue weighted by molar-refractivity contribution is -0.116. The Balaban J connectivity index is 1.64. The van der Waals surface area contributed by atoms with E-state index >= 15 is 0 Å². The number of para-hydroxylation sites is 1. The maximum absolute atomic E-state index is 12.5. The van der Waals surface area contributed by atoms with Crippen molar-refractivity contribution in [2.45, 2.75) is 0 Å². The smallest absolute Gasteiger partial charge is 0.257 e. The third-order valence-corrected chi connectivity index (χ3v) is 3.92. The normalized spacial score (nSPS) is 10.4. The van der Waals surface area contributed by atoms with Crippen molar-refractivity contribution in [1.82, 2.24) is 14.7 Å². The van der Waals surface area contributed by atoms with Gasteiger partial charge in [0, 0.05) is 24.0 Å². The van der Waals surface area contributed by atoms with E-state index in [1.165, 1.54) is 11.1 Å². The van der Waals surface area contributed by atoms with Crippen LogP contribution in [0.1, 0.15) is 10.4 Å². The Morgan fingerprint density at radius 2 is 1.92 bits per heavy atom. The molecular formula is C19H17ClN4O2. The number of carbonyl (C=O) groups is 2. The van der Waals surface area contributed by atoms with Gasteiger partial charge < -0.3 is 10.2 Å². The van der Waals surface area contributed by atoms with Crippen molar-refractivity contribution in [3.8, 4) is 5.69 Å². The number of hydrogen-bond acceptors (Lipinski definition) is 3. The van der Waals surface area contributed by atoms with E-state index in [1.807, 2.05) is 24.3 Å². The Hall–Kier alpha value is -3.12. The van der Waals surface area contributed by atoms with Crippen molar-refractivity contribution in [2.75, 3.05) is 18.9 Å². The van der Waals surface area contributed by atoms with E-state index in [9.17, 15) is 9.59 Å². The minimum absolute atomic E-state index is 0.0595. The topological polar surface area (TPSA) is 67.2 Å². The van der Waals surface area contributed by atoms with Gasteiger partial charge in [-0.15, -0.1) is 0 Å². The first-order valence-electron chi connectivity index (χ1n) is 7.94. The zero-order valence-electron chi connectivity index (χ0n) is 14.1. The van der Waals surface area contributed by atoms with E-state index in [2.05, 4.69) is 10.4 Å². The number of nitrogens with one attached hydrogen (secondary N) is 1. The van der Waals surface area contributed by atoms with Gasteiger partial charge in [-0.3, -0.25) is 9.59 Å². The number of hydrogen-bond donors (Lipinski definition) is 1. The number of benzene rings is 2. The van der Waals surface area contributed by atoms with Crippen molar-refractivity contribution in [2.24, 2.45) is 0 Å². The summed E-state index contributed by atoms with van der Waals surface area (Å²) in [5.74, 6) is -0.559. The van der Waals surface area contributed by atoms with Gasteiger partial charge in [-0.05, 0) is 30.3 Å². The predicted molar refractivity (Wildman–Crippen MR) is 101 cm³/mol. The molecule has 1 heterocycles. The summed E-state index contributed by atoms with van der Waals surface area (Å²) in [4.78, 5) is 25.9. The zero-order valence-corrected chi connectivity index (χ0v) is 14.8. The average Bonchev–Trinajstić information content (AvgIpc) is 3.12. The lowest BCUT2D eigenvalue weighted by atomic mass is 10.3. The van der Waals surface area contributed by atoms with E-state index in [0.717, 1.165) is 5.69 Å². The van der Waals surface area contributed by atoms with Crippen LogP contribution in [0.2, 0.25) is 5.02 Å². The number of halogens is 1. The molecule has 0 bridgehead atoms. The SMILES string of the molecule is CN(CC(=O)Nc1ccccc1)C(=O)c1cnn(-c2cccc(Cl)c2)c1. The lowest BCUT2D eigenvalue weighted by Gasteiger charge is -2.15. The van der Waals surface area contributed by atoms with Gasteiger partial charge in [-0.25, -0.2) is 4.68 Å². The minimum Gasteiger partial charge on any atom is -0.332 e. The van der Waals surface area contributed by atoms with Gasteiger partial charge in [0.1, 0.15) is 0 Å². The van der Waals surface area contributed by atoms with E-state index < -0.39 is 0 Å². The number of likely N-dealkylation sites (N-methyl/N-ethyl adjacent to an activating group) is 1. The fourth-order valence-electron chi connectivity index (χ4n) is 2.42. The summed E-state index contributed by atoms with van der Waals surface area (Å²) in [5.41, 5.74) is 1.83. The molecule has 0 radical (unpaired) electrons. The molecule has 0 saturated carbocycles. The number of amides is 2. The second-order valence-corrected chi connectivity index (χ2v) is 6.17. The average molecular weight is 369 g/mol. The van der Waals surface area contributed by atoms with Crippen LogP contribution in [0, 0.1) is 0 Å². The van der Waals surface area contributed by atoms with E-state index in [1.54, 1.807) is 48.3 Å². The van der Waals surface area contributed by atoms with Crippen molar-refractivity contribution in [3.63, 3.8) is 0 Å². The molecule has 26 heavy (non-hydrogen) atoms. The molecular weight excluding hydrogens is 352 g/mol. The molecule has 7 heteroatoms. The van der Waals surface area contributed by atoms with E-state index in [4.69, 9.17) is 11.6 Å². The van der Waals surface area contributed by atoms with Gasteiger partial charge >= 0.3 is 0 Å². The van der Waals surface area contributed by atoms with Crippen LogP contribution < -0.4 is 5.32 Å². The molecule has 0 saturated heterocycles. The molecule has 1 N–H and O–H groups in total. The Morgan fingerprint density at radius 1 is 1.15 bits per heavy atom. The number of rotatable bonds is 5. The molecule has 0 aliphatic heterocycles. The van der Waals surface area contributed by atoms with Gasteiger partial charge in [0.25, 0.3) is 5.91 Å². The van der Waals surface area contributed by atoms with Crippen molar-refractivity contribution in [1.29, 1.82) is 0 Å². The Morgan fingerprint density at radius 3 is 2.65 bits per heavy atom. The summed E-state index contributed by atoms with van der Waals surface area (Å²) < 4.78 is 1.57.